The van der Waals surface area contributed by atoms with E-state index in [9.17, 15) is 8.42 Å². The standard InChI is InChI=1S/C11H23NO2S/c1-4-7-12-10-5-6-11(8-10)15(13,14)9(2)3/h9-12H,4-8H2,1-3H3. The Bertz CT molecular complexity index is 285. The Morgan fingerprint density at radius 2 is 2.00 bits per heavy atom. The Morgan fingerprint density at radius 1 is 1.33 bits per heavy atom. The van der Waals surface area contributed by atoms with Gasteiger partial charge in [0.05, 0.1) is 10.5 Å². The molecule has 2 atom stereocenters. The zero-order valence-corrected chi connectivity index (χ0v) is 10.8. The molecule has 0 aliphatic heterocycles. The average Bonchev–Trinajstić information content (AvgIpc) is 2.63. The number of hydrogen-bond acceptors (Lipinski definition) is 3. The lowest BCUT2D eigenvalue weighted by molar-refractivity contribution is 0.519. The molecule has 0 spiro atoms. The summed E-state index contributed by atoms with van der Waals surface area (Å²) in [6.07, 6.45) is 3.76. The highest BCUT2D eigenvalue weighted by atomic mass is 32.2. The normalized spacial score (nSPS) is 27.5. The first kappa shape index (κ1) is 13.0. The molecule has 2 unspecified atom stereocenters. The van der Waals surface area contributed by atoms with Gasteiger partial charge in [0.2, 0.25) is 0 Å². The molecule has 1 aliphatic rings. The summed E-state index contributed by atoms with van der Waals surface area (Å²) in [5.74, 6) is 0. The fourth-order valence-corrected chi connectivity index (χ4v) is 3.89. The van der Waals surface area contributed by atoms with Crippen LogP contribution in [0.3, 0.4) is 0 Å². The van der Waals surface area contributed by atoms with Crippen LogP contribution in [-0.4, -0.2) is 31.5 Å². The Kier molecular flexibility index (Phi) is 4.59. The molecule has 15 heavy (non-hydrogen) atoms. The first-order chi connectivity index (χ1) is 6.98. The van der Waals surface area contributed by atoms with E-state index in [-0.39, 0.29) is 10.5 Å². The maximum Gasteiger partial charge on any atom is 0.155 e. The third-order valence-electron chi connectivity index (χ3n) is 3.19. The van der Waals surface area contributed by atoms with Crippen molar-refractivity contribution in [3.8, 4) is 0 Å². The zero-order chi connectivity index (χ0) is 11.5. The maximum atomic E-state index is 11.9. The van der Waals surface area contributed by atoms with E-state index >= 15 is 0 Å². The van der Waals surface area contributed by atoms with Crippen LogP contribution in [0.2, 0.25) is 0 Å². The molecular weight excluding hydrogens is 210 g/mol. The molecule has 0 amide bonds. The maximum absolute atomic E-state index is 11.9. The van der Waals surface area contributed by atoms with Gasteiger partial charge in [0.1, 0.15) is 0 Å². The lowest BCUT2D eigenvalue weighted by Crippen LogP contribution is -2.31. The van der Waals surface area contributed by atoms with Crippen LogP contribution in [0, 0.1) is 0 Å². The second-order valence-electron chi connectivity index (χ2n) is 4.72. The highest BCUT2D eigenvalue weighted by molar-refractivity contribution is 7.92. The fraction of sp³-hybridized carbons (Fsp3) is 1.00. The molecule has 0 aromatic carbocycles. The molecule has 4 heteroatoms. The summed E-state index contributed by atoms with van der Waals surface area (Å²) < 4.78 is 23.8. The zero-order valence-electron chi connectivity index (χ0n) is 9.99. The second kappa shape index (κ2) is 5.30. The van der Waals surface area contributed by atoms with Crippen LogP contribution in [0.5, 0.6) is 0 Å². The Hall–Kier alpha value is -0.0900. The highest BCUT2D eigenvalue weighted by Gasteiger charge is 2.35. The lowest BCUT2D eigenvalue weighted by Gasteiger charge is -2.15. The van der Waals surface area contributed by atoms with E-state index in [4.69, 9.17) is 0 Å². The summed E-state index contributed by atoms with van der Waals surface area (Å²) >= 11 is 0. The van der Waals surface area contributed by atoms with E-state index in [1.54, 1.807) is 13.8 Å². The van der Waals surface area contributed by atoms with Crippen LogP contribution in [0.1, 0.15) is 46.5 Å². The largest absolute Gasteiger partial charge is 0.314 e. The molecule has 1 saturated carbocycles. The Labute approximate surface area is 93.6 Å². The van der Waals surface area contributed by atoms with Crippen LogP contribution >= 0.6 is 0 Å². The van der Waals surface area contributed by atoms with Crippen LogP contribution in [-0.2, 0) is 9.84 Å². The van der Waals surface area contributed by atoms with E-state index < -0.39 is 9.84 Å². The van der Waals surface area contributed by atoms with Gasteiger partial charge >= 0.3 is 0 Å². The van der Waals surface area contributed by atoms with Gasteiger partial charge in [-0.15, -0.1) is 0 Å². The number of sulfone groups is 1. The molecule has 1 aliphatic carbocycles. The van der Waals surface area contributed by atoms with Gasteiger partial charge in [-0.1, -0.05) is 6.92 Å². The molecule has 0 radical (unpaired) electrons. The van der Waals surface area contributed by atoms with Gasteiger partial charge < -0.3 is 5.32 Å². The van der Waals surface area contributed by atoms with Crippen molar-refractivity contribution in [2.75, 3.05) is 6.54 Å². The minimum Gasteiger partial charge on any atom is -0.314 e. The van der Waals surface area contributed by atoms with Crippen molar-refractivity contribution in [3.63, 3.8) is 0 Å². The van der Waals surface area contributed by atoms with Gasteiger partial charge in [-0.25, -0.2) is 8.42 Å². The van der Waals surface area contributed by atoms with Crippen molar-refractivity contribution in [1.29, 1.82) is 0 Å². The van der Waals surface area contributed by atoms with E-state index in [0.717, 1.165) is 32.2 Å². The lowest BCUT2D eigenvalue weighted by atomic mass is 10.2. The second-order valence-corrected chi connectivity index (χ2v) is 7.51. The summed E-state index contributed by atoms with van der Waals surface area (Å²) in [5.41, 5.74) is 0. The Morgan fingerprint density at radius 3 is 2.53 bits per heavy atom. The van der Waals surface area contributed by atoms with Crippen molar-refractivity contribution < 1.29 is 8.42 Å². The minimum absolute atomic E-state index is 0.105. The summed E-state index contributed by atoms with van der Waals surface area (Å²) in [6, 6.07) is 0.420. The molecule has 0 aromatic rings. The van der Waals surface area contributed by atoms with E-state index in [2.05, 4.69) is 12.2 Å². The van der Waals surface area contributed by atoms with Crippen LogP contribution in [0.15, 0.2) is 0 Å². The SMILES string of the molecule is CCCNC1CCC(S(=O)(=O)C(C)C)C1. The van der Waals surface area contributed by atoms with Crippen LogP contribution < -0.4 is 5.32 Å². The predicted molar refractivity (Wildman–Crippen MR) is 63.8 cm³/mol. The summed E-state index contributed by atoms with van der Waals surface area (Å²) in [6.45, 7) is 6.69. The average molecular weight is 233 g/mol. The van der Waals surface area contributed by atoms with Crippen molar-refractivity contribution in [1.82, 2.24) is 5.32 Å². The molecular formula is C11H23NO2S. The van der Waals surface area contributed by atoms with Gasteiger partial charge in [-0.3, -0.25) is 0 Å². The summed E-state index contributed by atoms with van der Waals surface area (Å²) in [5, 5.41) is 3.07. The molecule has 1 rings (SSSR count). The van der Waals surface area contributed by atoms with E-state index in [1.165, 1.54) is 0 Å². The van der Waals surface area contributed by atoms with Crippen molar-refractivity contribution in [3.05, 3.63) is 0 Å². The summed E-state index contributed by atoms with van der Waals surface area (Å²) in [4.78, 5) is 0. The van der Waals surface area contributed by atoms with Crippen molar-refractivity contribution in [2.24, 2.45) is 0 Å². The van der Waals surface area contributed by atoms with Crippen LogP contribution in [0.4, 0.5) is 0 Å². The monoisotopic (exact) mass is 233 g/mol. The molecule has 0 bridgehead atoms. The fourth-order valence-electron chi connectivity index (χ4n) is 2.16. The van der Waals surface area contributed by atoms with Gasteiger partial charge in [0.15, 0.2) is 9.84 Å². The minimum atomic E-state index is -2.87. The molecule has 90 valence electrons. The van der Waals surface area contributed by atoms with Gasteiger partial charge in [-0.05, 0) is 46.1 Å². The van der Waals surface area contributed by atoms with Gasteiger partial charge in [0, 0.05) is 6.04 Å². The third kappa shape index (κ3) is 3.18. The third-order valence-corrected chi connectivity index (χ3v) is 5.86. The first-order valence-corrected chi connectivity index (χ1v) is 7.55. The molecule has 0 heterocycles. The van der Waals surface area contributed by atoms with Crippen molar-refractivity contribution >= 4 is 9.84 Å². The molecule has 1 N–H and O–H groups in total. The van der Waals surface area contributed by atoms with Gasteiger partial charge in [0.25, 0.3) is 0 Å². The highest BCUT2D eigenvalue weighted by Crippen LogP contribution is 2.27. The number of rotatable bonds is 5. The number of nitrogens with one attached hydrogen (secondary N) is 1. The molecule has 0 aromatic heterocycles. The quantitative estimate of drug-likeness (QED) is 0.786. The van der Waals surface area contributed by atoms with E-state index in [0.29, 0.717) is 6.04 Å². The van der Waals surface area contributed by atoms with Crippen molar-refractivity contribution in [2.45, 2.75) is 63.0 Å². The molecule has 0 saturated heterocycles. The first-order valence-electron chi connectivity index (χ1n) is 5.94. The number of hydrogen-bond donors (Lipinski definition) is 1. The smallest absolute Gasteiger partial charge is 0.155 e. The van der Waals surface area contributed by atoms with Gasteiger partial charge in [-0.2, -0.15) is 0 Å². The predicted octanol–water partition coefficient (Wildman–Crippen LogP) is 1.73. The summed E-state index contributed by atoms with van der Waals surface area (Å²) in [7, 11) is -2.87. The molecule has 1 fully saturated rings. The Balaban J connectivity index is 2.49. The van der Waals surface area contributed by atoms with Crippen LogP contribution in [0.25, 0.3) is 0 Å². The molecule has 3 nitrogen and oxygen atoms in total. The topological polar surface area (TPSA) is 46.2 Å². The van der Waals surface area contributed by atoms with E-state index in [1.807, 2.05) is 0 Å².